The maximum Gasteiger partial charge on any atom is 0.285 e. The first-order valence-electron chi connectivity index (χ1n) is 10.8. The van der Waals surface area contributed by atoms with Crippen LogP contribution in [0.3, 0.4) is 0 Å². The molecule has 0 unspecified atom stereocenters. The molecule has 0 spiro atoms. The third kappa shape index (κ3) is 5.16. The monoisotopic (exact) mass is 469 g/mol. The van der Waals surface area contributed by atoms with Gasteiger partial charge in [-0.15, -0.1) is 4.40 Å². The number of hydrogen-bond donors (Lipinski definition) is 1. The summed E-state index contributed by atoms with van der Waals surface area (Å²) in [6.07, 6.45) is 0.221. The van der Waals surface area contributed by atoms with Crippen molar-refractivity contribution in [1.29, 1.82) is 0 Å². The molecule has 10 heteroatoms. The topological polar surface area (TPSA) is 102 Å². The van der Waals surface area contributed by atoms with Crippen molar-refractivity contribution < 1.29 is 18.0 Å². The number of sulfonamides is 1. The van der Waals surface area contributed by atoms with Gasteiger partial charge in [0.2, 0.25) is 11.8 Å². The Kier molecular flexibility index (Phi) is 6.64. The average Bonchev–Trinajstić information content (AvgIpc) is 3.11. The van der Waals surface area contributed by atoms with Crippen LogP contribution >= 0.6 is 0 Å². The van der Waals surface area contributed by atoms with Gasteiger partial charge in [-0.2, -0.15) is 8.42 Å². The highest BCUT2D eigenvalue weighted by atomic mass is 32.2. The van der Waals surface area contributed by atoms with Gasteiger partial charge in [-0.3, -0.25) is 9.59 Å². The Morgan fingerprint density at radius 3 is 2.39 bits per heavy atom. The molecule has 0 radical (unpaired) electrons. The molecule has 0 bridgehead atoms. The number of likely N-dealkylation sites (N-methyl/N-ethyl adjacent to an activating group) is 1. The minimum Gasteiger partial charge on any atom is -0.368 e. The molecule has 2 aliphatic rings. The van der Waals surface area contributed by atoms with E-state index in [2.05, 4.69) is 26.7 Å². The van der Waals surface area contributed by atoms with E-state index in [4.69, 9.17) is 0 Å². The molecule has 4 rings (SSSR count). The lowest BCUT2D eigenvalue weighted by molar-refractivity contribution is -0.131. The summed E-state index contributed by atoms with van der Waals surface area (Å²) < 4.78 is 28.2. The summed E-state index contributed by atoms with van der Waals surface area (Å²) in [5.41, 5.74) is 1.64. The highest BCUT2D eigenvalue weighted by Gasteiger charge is 2.31. The van der Waals surface area contributed by atoms with Crippen molar-refractivity contribution >= 4 is 33.4 Å². The molecule has 0 saturated carbocycles. The van der Waals surface area contributed by atoms with Crippen molar-refractivity contribution in [3.05, 3.63) is 60.2 Å². The lowest BCUT2D eigenvalue weighted by atomic mass is 10.2. The van der Waals surface area contributed by atoms with Gasteiger partial charge >= 0.3 is 0 Å². The molecule has 2 amide bonds. The summed E-state index contributed by atoms with van der Waals surface area (Å²) in [6.45, 7) is 3.02. The molecule has 1 N–H and O–H groups in total. The van der Waals surface area contributed by atoms with Crippen molar-refractivity contribution in [3.8, 4) is 0 Å². The van der Waals surface area contributed by atoms with Crippen molar-refractivity contribution in [1.82, 2.24) is 15.1 Å². The Hall–Kier alpha value is -3.40. The predicted molar refractivity (Wildman–Crippen MR) is 126 cm³/mol. The SMILES string of the molecule is CN(CC(=O)NCCC(=O)N1CCN(c2ccccc2)CC1)C1=NS(=O)(=O)c2ccccc21. The Morgan fingerprint density at radius 1 is 1.00 bits per heavy atom. The van der Waals surface area contributed by atoms with Crippen LogP contribution in [0, 0.1) is 0 Å². The van der Waals surface area contributed by atoms with Crippen LogP contribution in [0.15, 0.2) is 63.9 Å². The number of benzene rings is 2. The van der Waals surface area contributed by atoms with E-state index in [1.165, 1.54) is 11.0 Å². The lowest BCUT2D eigenvalue weighted by Crippen LogP contribution is -2.49. The number of amidine groups is 1. The summed E-state index contributed by atoms with van der Waals surface area (Å²) in [6, 6.07) is 16.7. The molecule has 0 aliphatic carbocycles. The molecule has 33 heavy (non-hydrogen) atoms. The van der Waals surface area contributed by atoms with Crippen molar-refractivity contribution in [2.45, 2.75) is 11.3 Å². The average molecular weight is 470 g/mol. The molecule has 0 atom stereocenters. The smallest absolute Gasteiger partial charge is 0.285 e. The van der Waals surface area contributed by atoms with Crippen LogP contribution in [0.5, 0.6) is 0 Å². The molecule has 1 saturated heterocycles. The zero-order valence-electron chi connectivity index (χ0n) is 18.5. The number of anilines is 1. The molecule has 0 aromatic heterocycles. The van der Waals surface area contributed by atoms with E-state index in [-0.39, 0.29) is 42.1 Å². The first-order chi connectivity index (χ1) is 15.8. The molecule has 1 fully saturated rings. The number of piperazine rings is 1. The number of nitrogens with one attached hydrogen (secondary N) is 1. The minimum atomic E-state index is -3.74. The molecule has 2 aliphatic heterocycles. The second-order valence-corrected chi connectivity index (χ2v) is 9.62. The number of para-hydroxylation sites is 1. The fraction of sp³-hybridized carbons (Fsp3) is 0.348. The fourth-order valence-electron chi connectivity index (χ4n) is 4.03. The maximum absolute atomic E-state index is 12.5. The molecule has 174 valence electrons. The van der Waals surface area contributed by atoms with Crippen LogP contribution in [0.2, 0.25) is 0 Å². The van der Waals surface area contributed by atoms with Crippen molar-refractivity contribution in [2.75, 3.05) is 51.2 Å². The summed E-state index contributed by atoms with van der Waals surface area (Å²) in [7, 11) is -2.12. The normalized spacial score (nSPS) is 16.7. The van der Waals surface area contributed by atoms with Crippen LogP contribution < -0.4 is 10.2 Å². The number of amides is 2. The number of carbonyl (C=O) groups is 2. The van der Waals surface area contributed by atoms with E-state index in [1.807, 2.05) is 23.1 Å². The van der Waals surface area contributed by atoms with E-state index in [1.54, 1.807) is 25.2 Å². The second-order valence-electron chi connectivity index (χ2n) is 8.05. The van der Waals surface area contributed by atoms with Gasteiger partial charge in [0.25, 0.3) is 10.0 Å². The number of hydrogen-bond acceptors (Lipinski definition) is 6. The van der Waals surface area contributed by atoms with Crippen LogP contribution in [0.4, 0.5) is 5.69 Å². The molecule has 2 aromatic carbocycles. The Labute approximate surface area is 193 Å². The zero-order chi connectivity index (χ0) is 23.4. The molecule has 2 aromatic rings. The highest BCUT2D eigenvalue weighted by Crippen LogP contribution is 2.26. The summed E-state index contributed by atoms with van der Waals surface area (Å²) >= 11 is 0. The predicted octanol–water partition coefficient (Wildman–Crippen LogP) is 0.922. The number of rotatable bonds is 6. The standard InChI is InChI=1S/C23H27N5O4S/c1-26(23-19-9-5-6-10-20(19)33(31,32)25-23)17-21(29)24-12-11-22(30)28-15-13-27(14-16-28)18-7-3-2-4-8-18/h2-10H,11-17H2,1H3,(H,24,29). The molecular formula is C23H27N5O4S. The molecular weight excluding hydrogens is 442 g/mol. The largest absolute Gasteiger partial charge is 0.368 e. The number of carbonyl (C=O) groups excluding carboxylic acids is 2. The highest BCUT2D eigenvalue weighted by molar-refractivity contribution is 7.90. The van der Waals surface area contributed by atoms with Gasteiger partial charge in [-0.05, 0) is 24.3 Å². The lowest BCUT2D eigenvalue weighted by Gasteiger charge is -2.36. The quantitative estimate of drug-likeness (QED) is 0.675. The van der Waals surface area contributed by atoms with Gasteiger partial charge in [0, 0.05) is 57.4 Å². The van der Waals surface area contributed by atoms with Crippen LogP contribution in [0.25, 0.3) is 0 Å². The van der Waals surface area contributed by atoms with Crippen LogP contribution in [-0.4, -0.2) is 82.2 Å². The Balaban J connectivity index is 1.21. The summed E-state index contributed by atoms with van der Waals surface area (Å²) in [5.74, 6) is -0.0478. The second kappa shape index (κ2) is 9.62. The summed E-state index contributed by atoms with van der Waals surface area (Å²) in [4.78, 5) is 30.6. The third-order valence-electron chi connectivity index (χ3n) is 5.77. The van der Waals surface area contributed by atoms with E-state index in [0.717, 1.165) is 18.8 Å². The zero-order valence-corrected chi connectivity index (χ0v) is 19.3. The third-order valence-corrected chi connectivity index (χ3v) is 7.09. The van der Waals surface area contributed by atoms with Gasteiger partial charge in [-0.25, -0.2) is 0 Å². The van der Waals surface area contributed by atoms with Gasteiger partial charge in [0.05, 0.1) is 6.54 Å². The molecule has 9 nitrogen and oxygen atoms in total. The van der Waals surface area contributed by atoms with Gasteiger partial charge in [-0.1, -0.05) is 30.3 Å². The minimum absolute atomic E-state index is 0.0107. The first-order valence-corrected chi connectivity index (χ1v) is 12.3. The van der Waals surface area contributed by atoms with E-state index in [9.17, 15) is 18.0 Å². The van der Waals surface area contributed by atoms with Gasteiger partial charge < -0.3 is 20.0 Å². The van der Waals surface area contributed by atoms with Gasteiger partial charge in [0.1, 0.15) is 4.90 Å². The van der Waals surface area contributed by atoms with E-state index < -0.39 is 10.0 Å². The number of fused-ring (bicyclic) bond motifs is 1. The van der Waals surface area contributed by atoms with Gasteiger partial charge in [0.15, 0.2) is 5.84 Å². The van der Waals surface area contributed by atoms with Crippen LogP contribution in [0.1, 0.15) is 12.0 Å². The Morgan fingerprint density at radius 2 is 1.67 bits per heavy atom. The Bertz CT molecular complexity index is 1160. The maximum atomic E-state index is 12.5. The van der Waals surface area contributed by atoms with E-state index >= 15 is 0 Å². The fourth-order valence-corrected chi connectivity index (χ4v) is 5.28. The van der Waals surface area contributed by atoms with Crippen LogP contribution in [-0.2, 0) is 19.6 Å². The van der Waals surface area contributed by atoms with Crippen molar-refractivity contribution in [2.24, 2.45) is 4.40 Å². The van der Waals surface area contributed by atoms with Crippen molar-refractivity contribution in [3.63, 3.8) is 0 Å². The van der Waals surface area contributed by atoms with E-state index in [0.29, 0.717) is 18.7 Å². The summed E-state index contributed by atoms with van der Waals surface area (Å²) in [5, 5.41) is 2.74. The molecule has 2 heterocycles. The first kappa shape index (κ1) is 22.8. The number of nitrogens with zero attached hydrogens (tertiary/aromatic N) is 4.